The smallest absolute Gasteiger partial charge is 0.323 e. The van der Waals surface area contributed by atoms with Crippen molar-refractivity contribution in [2.45, 2.75) is 6.42 Å². The molecule has 0 aliphatic heterocycles. The number of carboxylic acid groups (broad SMARTS) is 1. The molecule has 0 radical (unpaired) electrons. The van der Waals surface area contributed by atoms with E-state index in [1.807, 2.05) is 0 Å². The topological polar surface area (TPSA) is 99.9 Å². The Hall–Kier alpha value is -2.75. The fourth-order valence-electron chi connectivity index (χ4n) is 1.44. The molecule has 0 atom stereocenters. The van der Waals surface area contributed by atoms with Crippen molar-refractivity contribution in [3.05, 3.63) is 24.2 Å². The number of carboxylic acids is 1. The highest BCUT2D eigenvalue weighted by atomic mass is 16.4. The minimum atomic E-state index is -1.15. The van der Waals surface area contributed by atoms with E-state index in [0.29, 0.717) is 0 Å². The molecule has 0 fully saturated rings. The molecule has 0 bridgehead atoms. The van der Waals surface area contributed by atoms with E-state index in [2.05, 4.69) is 11.2 Å². The van der Waals surface area contributed by atoms with Gasteiger partial charge in [0, 0.05) is 13.0 Å². The maximum Gasteiger partial charge on any atom is 0.323 e. The molecule has 0 aromatic carbocycles. The summed E-state index contributed by atoms with van der Waals surface area (Å²) in [6, 6.07) is 3.06. The van der Waals surface area contributed by atoms with Gasteiger partial charge in [0.25, 0.3) is 5.91 Å². The molecule has 0 saturated carbocycles. The van der Waals surface area contributed by atoms with E-state index in [0.717, 1.165) is 4.90 Å². The van der Waals surface area contributed by atoms with Gasteiger partial charge in [0.2, 0.25) is 5.91 Å². The quantitative estimate of drug-likeness (QED) is 0.681. The zero-order valence-electron chi connectivity index (χ0n) is 10.7. The Morgan fingerprint density at radius 3 is 2.75 bits per heavy atom. The molecule has 2 N–H and O–H groups in total. The molecule has 0 unspecified atom stereocenters. The van der Waals surface area contributed by atoms with Gasteiger partial charge >= 0.3 is 5.97 Å². The van der Waals surface area contributed by atoms with Crippen molar-refractivity contribution in [3.63, 3.8) is 0 Å². The maximum absolute atomic E-state index is 11.7. The lowest BCUT2D eigenvalue weighted by molar-refractivity contribution is -0.143. The molecule has 1 aromatic rings. The van der Waals surface area contributed by atoms with Gasteiger partial charge in [-0.2, -0.15) is 0 Å². The summed E-state index contributed by atoms with van der Waals surface area (Å²) in [5.74, 6) is 0.332. The SMILES string of the molecule is C#CCN(CC(=O)O)C(=O)CCNC(=O)c1ccco1. The van der Waals surface area contributed by atoms with Gasteiger partial charge in [-0.3, -0.25) is 14.4 Å². The summed E-state index contributed by atoms with van der Waals surface area (Å²) in [5, 5.41) is 11.1. The van der Waals surface area contributed by atoms with Crippen molar-refractivity contribution in [2.24, 2.45) is 0 Å². The molecular formula is C13H14N2O5. The molecule has 0 aliphatic rings. The first-order valence-corrected chi connectivity index (χ1v) is 5.79. The standard InChI is InChI=1S/C13H14N2O5/c1-2-7-15(9-12(17)18)11(16)5-6-14-13(19)10-4-3-8-20-10/h1,3-4,8H,5-7,9H2,(H,14,19)(H,17,18). The molecule has 1 rings (SSSR count). The van der Waals surface area contributed by atoms with E-state index in [1.165, 1.54) is 12.3 Å². The number of hydrogen-bond acceptors (Lipinski definition) is 4. The molecule has 1 aromatic heterocycles. The van der Waals surface area contributed by atoms with Crippen molar-refractivity contribution < 1.29 is 23.9 Å². The fourth-order valence-corrected chi connectivity index (χ4v) is 1.44. The van der Waals surface area contributed by atoms with Crippen LogP contribution in [0.15, 0.2) is 22.8 Å². The van der Waals surface area contributed by atoms with Crippen LogP contribution >= 0.6 is 0 Å². The summed E-state index contributed by atoms with van der Waals surface area (Å²) >= 11 is 0. The van der Waals surface area contributed by atoms with E-state index >= 15 is 0 Å². The fraction of sp³-hybridized carbons (Fsp3) is 0.308. The van der Waals surface area contributed by atoms with Crippen LogP contribution in [0, 0.1) is 12.3 Å². The van der Waals surface area contributed by atoms with Crippen LogP contribution in [0.4, 0.5) is 0 Å². The predicted molar refractivity (Wildman–Crippen MR) is 68.7 cm³/mol. The lowest BCUT2D eigenvalue weighted by Crippen LogP contribution is -2.38. The van der Waals surface area contributed by atoms with Crippen LogP contribution in [-0.2, 0) is 9.59 Å². The van der Waals surface area contributed by atoms with Gasteiger partial charge < -0.3 is 19.7 Å². The van der Waals surface area contributed by atoms with E-state index in [4.69, 9.17) is 15.9 Å². The first-order valence-electron chi connectivity index (χ1n) is 5.79. The van der Waals surface area contributed by atoms with Crippen molar-refractivity contribution in [1.82, 2.24) is 10.2 Å². The first kappa shape index (κ1) is 15.3. The summed E-state index contributed by atoms with van der Waals surface area (Å²) in [6.07, 6.45) is 6.39. The highest BCUT2D eigenvalue weighted by Gasteiger charge is 2.16. The van der Waals surface area contributed by atoms with Crippen LogP contribution in [0.1, 0.15) is 17.0 Å². The van der Waals surface area contributed by atoms with Crippen LogP contribution in [0.3, 0.4) is 0 Å². The lowest BCUT2D eigenvalue weighted by Gasteiger charge is -2.17. The Kier molecular flexibility index (Phi) is 5.84. The highest BCUT2D eigenvalue weighted by Crippen LogP contribution is 1.99. The lowest BCUT2D eigenvalue weighted by atomic mass is 10.3. The van der Waals surface area contributed by atoms with Crippen molar-refractivity contribution >= 4 is 17.8 Å². The van der Waals surface area contributed by atoms with Crippen LogP contribution in [0.2, 0.25) is 0 Å². The Bertz CT molecular complexity index is 515. The molecule has 0 aliphatic carbocycles. The molecule has 20 heavy (non-hydrogen) atoms. The predicted octanol–water partition coefficient (Wildman–Crippen LogP) is -0.0541. The van der Waals surface area contributed by atoms with Gasteiger partial charge in [0.1, 0.15) is 6.54 Å². The third-order valence-electron chi connectivity index (χ3n) is 2.33. The molecule has 1 heterocycles. The largest absolute Gasteiger partial charge is 0.480 e. The van der Waals surface area contributed by atoms with Gasteiger partial charge in [-0.15, -0.1) is 6.42 Å². The van der Waals surface area contributed by atoms with E-state index in [-0.39, 0.29) is 25.3 Å². The van der Waals surface area contributed by atoms with Gasteiger partial charge in [0.15, 0.2) is 5.76 Å². The summed E-state index contributed by atoms with van der Waals surface area (Å²) in [5.41, 5.74) is 0. The monoisotopic (exact) mass is 278 g/mol. The van der Waals surface area contributed by atoms with Gasteiger partial charge in [-0.1, -0.05) is 5.92 Å². The average Bonchev–Trinajstić information content (AvgIpc) is 2.91. The van der Waals surface area contributed by atoms with Crippen LogP contribution in [-0.4, -0.2) is 47.4 Å². The minimum absolute atomic E-state index is 0.0403. The Morgan fingerprint density at radius 2 is 2.20 bits per heavy atom. The van der Waals surface area contributed by atoms with E-state index < -0.39 is 24.3 Å². The third-order valence-corrected chi connectivity index (χ3v) is 2.33. The highest BCUT2D eigenvalue weighted by molar-refractivity contribution is 5.91. The zero-order chi connectivity index (χ0) is 15.0. The molecule has 0 saturated heterocycles. The second-order valence-corrected chi connectivity index (χ2v) is 3.83. The van der Waals surface area contributed by atoms with Gasteiger partial charge in [-0.25, -0.2) is 0 Å². The molecule has 2 amide bonds. The van der Waals surface area contributed by atoms with Crippen molar-refractivity contribution in [3.8, 4) is 12.3 Å². The summed E-state index contributed by atoms with van der Waals surface area (Å²) in [7, 11) is 0. The Balaban J connectivity index is 2.39. The second-order valence-electron chi connectivity index (χ2n) is 3.83. The number of aliphatic carboxylic acids is 1. The Labute approximate surface area is 115 Å². The van der Waals surface area contributed by atoms with Crippen molar-refractivity contribution in [2.75, 3.05) is 19.6 Å². The first-order chi connectivity index (χ1) is 9.54. The number of furan rings is 1. The third kappa shape index (κ3) is 4.86. The summed E-state index contributed by atoms with van der Waals surface area (Å²) < 4.78 is 4.88. The minimum Gasteiger partial charge on any atom is -0.480 e. The van der Waals surface area contributed by atoms with Crippen LogP contribution < -0.4 is 5.32 Å². The molecule has 0 spiro atoms. The average molecular weight is 278 g/mol. The number of nitrogens with zero attached hydrogens (tertiary/aromatic N) is 1. The van der Waals surface area contributed by atoms with E-state index in [9.17, 15) is 14.4 Å². The molecule has 106 valence electrons. The molecule has 7 nitrogen and oxygen atoms in total. The number of rotatable bonds is 7. The normalized spacial score (nSPS) is 9.55. The molecule has 7 heteroatoms. The summed E-state index contributed by atoms with van der Waals surface area (Å²) in [4.78, 5) is 34.8. The van der Waals surface area contributed by atoms with Gasteiger partial charge in [0.05, 0.1) is 12.8 Å². The number of carbonyl (C=O) groups is 3. The second kappa shape index (κ2) is 7.63. The van der Waals surface area contributed by atoms with E-state index in [1.54, 1.807) is 6.07 Å². The van der Waals surface area contributed by atoms with Gasteiger partial charge in [-0.05, 0) is 12.1 Å². The summed E-state index contributed by atoms with van der Waals surface area (Å²) in [6.45, 7) is -0.481. The number of carbonyl (C=O) groups excluding carboxylic acids is 2. The van der Waals surface area contributed by atoms with Crippen molar-refractivity contribution in [1.29, 1.82) is 0 Å². The number of amides is 2. The molecular weight excluding hydrogens is 264 g/mol. The number of terminal acetylenes is 1. The van der Waals surface area contributed by atoms with Crippen LogP contribution in [0.5, 0.6) is 0 Å². The number of hydrogen-bond donors (Lipinski definition) is 2. The maximum atomic E-state index is 11.7. The van der Waals surface area contributed by atoms with Crippen LogP contribution in [0.25, 0.3) is 0 Å². The number of nitrogens with one attached hydrogen (secondary N) is 1. The zero-order valence-corrected chi connectivity index (χ0v) is 10.7. The Morgan fingerprint density at radius 1 is 1.45 bits per heavy atom.